The summed E-state index contributed by atoms with van der Waals surface area (Å²) in [5, 5.41) is 2.86. The molecule has 0 bridgehead atoms. The topological polar surface area (TPSA) is 84.1 Å². The lowest BCUT2D eigenvalue weighted by Gasteiger charge is -2.20. The van der Waals surface area contributed by atoms with Crippen LogP contribution in [0.5, 0.6) is 0 Å². The van der Waals surface area contributed by atoms with E-state index in [9.17, 15) is 9.59 Å². The second-order valence-electron chi connectivity index (χ2n) is 5.70. The summed E-state index contributed by atoms with van der Waals surface area (Å²) in [4.78, 5) is 31.6. The van der Waals surface area contributed by atoms with Crippen LogP contribution in [0.25, 0.3) is 0 Å². The van der Waals surface area contributed by atoms with Gasteiger partial charge in [0.15, 0.2) is 0 Å². The molecule has 2 aromatic rings. The van der Waals surface area contributed by atoms with E-state index in [2.05, 4.69) is 15.3 Å². The lowest BCUT2D eigenvalue weighted by molar-refractivity contribution is -0.120. The highest BCUT2D eigenvalue weighted by molar-refractivity contribution is 6.06. The van der Waals surface area contributed by atoms with E-state index < -0.39 is 5.41 Å². The Balaban J connectivity index is 1.69. The van der Waals surface area contributed by atoms with Crippen molar-refractivity contribution in [1.82, 2.24) is 9.97 Å². The summed E-state index contributed by atoms with van der Waals surface area (Å²) in [6, 6.07) is 5.58. The number of aromatic nitrogens is 2. The van der Waals surface area contributed by atoms with Crippen LogP contribution in [0.15, 0.2) is 24.4 Å². The van der Waals surface area contributed by atoms with Crippen LogP contribution in [-0.4, -0.2) is 28.5 Å². The van der Waals surface area contributed by atoms with Gasteiger partial charge in [0, 0.05) is 23.9 Å². The van der Waals surface area contributed by atoms with Crippen LogP contribution in [0, 0.1) is 0 Å². The Morgan fingerprint density at radius 2 is 2.32 bits per heavy atom. The molecule has 2 aliphatic rings. The third kappa shape index (κ3) is 1.63. The van der Waals surface area contributed by atoms with Crippen molar-refractivity contribution in [1.29, 1.82) is 0 Å². The molecule has 3 heterocycles. The largest absolute Gasteiger partial charge is 0.461 e. The van der Waals surface area contributed by atoms with E-state index in [1.54, 1.807) is 19.2 Å². The first-order valence-electron chi connectivity index (χ1n) is 7.29. The maximum Gasteiger partial charge on any atom is 0.354 e. The zero-order chi connectivity index (χ0) is 15.3. The first-order valence-corrected chi connectivity index (χ1v) is 7.29. The molecule has 4 rings (SSSR count). The summed E-state index contributed by atoms with van der Waals surface area (Å²) < 4.78 is 5.00. The van der Waals surface area contributed by atoms with Crippen molar-refractivity contribution in [2.45, 2.75) is 25.2 Å². The van der Waals surface area contributed by atoms with Gasteiger partial charge in [0.25, 0.3) is 0 Å². The minimum absolute atomic E-state index is 0.0246. The number of fused-ring (bicyclic) bond motifs is 3. The Bertz CT molecular complexity index is 770. The van der Waals surface area contributed by atoms with Gasteiger partial charge in [-0.05, 0) is 31.0 Å². The van der Waals surface area contributed by atoms with Crippen LogP contribution in [0.2, 0.25) is 0 Å². The molecular weight excluding hydrogens is 282 g/mol. The van der Waals surface area contributed by atoms with Gasteiger partial charge < -0.3 is 15.0 Å². The molecule has 1 unspecified atom stereocenters. The summed E-state index contributed by atoms with van der Waals surface area (Å²) in [7, 11) is 0. The fourth-order valence-corrected chi connectivity index (χ4v) is 3.46. The molecule has 112 valence electrons. The van der Waals surface area contributed by atoms with Gasteiger partial charge in [-0.2, -0.15) is 0 Å². The SMILES string of the molecule is CCOC(=O)c1cc2c([nH]1)CC1(C2)C(=O)Nc2ncccc21. The van der Waals surface area contributed by atoms with E-state index in [4.69, 9.17) is 4.74 Å². The van der Waals surface area contributed by atoms with Crippen LogP contribution < -0.4 is 5.32 Å². The zero-order valence-electron chi connectivity index (χ0n) is 12.1. The first kappa shape index (κ1) is 13.1. The molecule has 0 aromatic carbocycles. The van der Waals surface area contributed by atoms with Crippen LogP contribution >= 0.6 is 0 Å². The summed E-state index contributed by atoms with van der Waals surface area (Å²) in [6.45, 7) is 2.12. The molecule has 0 saturated heterocycles. The second-order valence-corrected chi connectivity index (χ2v) is 5.70. The average molecular weight is 297 g/mol. The molecular formula is C16H15N3O3. The number of amides is 1. The van der Waals surface area contributed by atoms with E-state index in [1.807, 2.05) is 12.1 Å². The highest BCUT2D eigenvalue weighted by Crippen LogP contribution is 2.46. The highest BCUT2D eigenvalue weighted by Gasteiger charge is 2.51. The number of rotatable bonds is 2. The number of anilines is 1. The normalized spacial score (nSPS) is 21.6. The third-order valence-corrected chi connectivity index (χ3v) is 4.45. The molecule has 1 aliphatic heterocycles. The number of aromatic amines is 1. The molecule has 22 heavy (non-hydrogen) atoms. The van der Waals surface area contributed by atoms with Crippen molar-refractivity contribution in [3.63, 3.8) is 0 Å². The number of carbonyl (C=O) groups excluding carboxylic acids is 2. The lowest BCUT2D eigenvalue weighted by atomic mass is 9.79. The Hall–Kier alpha value is -2.63. The fraction of sp³-hybridized carbons (Fsp3) is 0.312. The van der Waals surface area contributed by atoms with Gasteiger partial charge in [-0.3, -0.25) is 4.79 Å². The van der Waals surface area contributed by atoms with Gasteiger partial charge in [0.05, 0.1) is 12.0 Å². The molecule has 0 saturated carbocycles. The summed E-state index contributed by atoms with van der Waals surface area (Å²) in [5.41, 5.74) is 2.71. The van der Waals surface area contributed by atoms with E-state index in [-0.39, 0.29) is 11.9 Å². The molecule has 1 amide bonds. The van der Waals surface area contributed by atoms with Crippen molar-refractivity contribution in [3.8, 4) is 0 Å². The maximum absolute atomic E-state index is 12.5. The Labute approximate surface area is 126 Å². The van der Waals surface area contributed by atoms with E-state index >= 15 is 0 Å². The van der Waals surface area contributed by atoms with Gasteiger partial charge in [-0.1, -0.05) is 6.07 Å². The minimum Gasteiger partial charge on any atom is -0.461 e. The fourth-order valence-electron chi connectivity index (χ4n) is 3.46. The smallest absolute Gasteiger partial charge is 0.354 e. The van der Waals surface area contributed by atoms with Gasteiger partial charge in [-0.25, -0.2) is 9.78 Å². The number of ether oxygens (including phenoxy) is 1. The first-order chi connectivity index (χ1) is 10.6. The van der Waals surface area contributed by atoms with Crippen LogP contribution in [0.1, 0.15) is 34.2 Å². The van der Waals surface area contributed by atoms with E-state index in [0.29, 0.717) is 31.0 Å². The number of carbonyl (C=O) groups is 2. The van der Waals surface area contributed by atoms with Crippen molar-refractivity contribution in [3.05, 3.63) is 46.9 Å². The van der Waals surface area contributed by atoms with E-state index in [0.717, 1.165) is 16.8 Å². The van der Waals surface area contributed by atoms with Crippen LogP contribution in [0.3, 0.4) is 0 Å². The standard InChI is InChI=1S/C16H15N3O3/c1-2-22-14(20)11-6-9-7-16(8-12(9)18-11)10-4-3-5-17-13(10)19-15(16)21/h3-6,18H,2,7-8H2,1H3,(H,17,19,21). The van der Waals surface area contributed by atoms with Gasteiger partial charge in [-0.15, -0.1) is 0 Å². The Kier molecular flexibility index (Phi) is 2.63. The Morgan fingerprint density at radius 3 is 3.09 bits per heavy atom. The van der Waals surface area contributed by atoms with E-state index in [1.165, 1.54) is 0 Å². The molecule has 1 aliphatic carbocycles. The molecule has 0 fully saturated rings. The van der Waals surface area contributed by atoms with Crippen molar-refractivity contribution < 1.29 is 14.3 Å². The Morgan fingerprint density at radius 1 is 1.45 bits per heavy atom. The number of pyridine rings is 1. The van der Waals surface area contributed by atoms with Crippen molar-refractivity contribution in [2.75, 3.05) is 11.9 Å². The van der Waals surface area contributed by atoms with Gasteiger partial charge >= 0.3 is 5.97 Å². The quantitative estimate of drug-likeness (QED) is 0.824. The van der Waals surface area contributed by atoms with Crippen molar-refractivity contribution in [2.24, 2.45) is 0 Å². The number of H-pyrrole nitrogens is 1. The highest BCUT2D eigenvalue weighted by atomic mass is 16.5. The summed E-state index contributed by atoms with van der Waals surface area (Å²) >= 11 is 0. The number of hydrogen-bond acceptors (Lipinski definition) is 4. The number of esters is 1. The molecule has 0 radical (unpaired) electrons. The lowest BCUT2D eigenvalue weighted by Crippen LogP contribution is -2.35. The number of hydrogen-bond donors (Lipinski definition) is 2. The number of nitrogens with zero attached hydrogens (tertiary/aromatic N) is 1. The average Bonchev–Trinajstić information content (AvgIpc) is 3.12. The number of nitrogens with one attached hydrogen (secondary N) is 2. The van der Waals surface area contributed by atoms with Gasteiger partial charge in [0.2, 0.25) is 5.91 Å². The summed E-state index contributed by atoms with van der Waals surface area (Å²) in [5.74, 6) is 0.260. The molecule has 1 spiro atoms. The molecule has 2 aromatic heterocycles. The molecule has 2 N–H and O–H groups in total. The molecule has 1 atom stereocenters. The van der Waals surface area contributed by atoms with Crippen LogP contribution in [0.4, 0.5) is 5.82 Å². The monoisotopic (exact) mass is 297 g/mol. The van der Waals surface area contributed by atoms with Crippen molar-refractivity contribution >= 4 is 17.7 Å². The summed E-state index contributed by atoms with van der Waals surface area (Å²) in [6.07, 6.45) is 2.79. The minimum atomic E-state index is -0.599. The predicted octanol–water partition coefficient (Wildman–Crippen LogP) is 1.58. The predicted molar refractivity (Wildman–Crippen MR) is 78.7 cm³/mol. The third-order valence-electron chi connectivity index (χ3n) is 4.45. The van der Waals surface area contributed by atoms with Crippen LogP contribution in [-0.2, 0) is 27.8 Å². The maximum atomic E-state index is 12.5. The molecule has 6 heteroatoms. The van der Waals surface area contributed by atoms with Gasteiger partial charge in [0.1, 0.15) is 11.5 Å². The zero-order valence-corrected chi connectivity index (χ0v) is 12.1. The second kappa shape index (κ2) is 4.43. The molecule has 6 nitrogen and oxygen atoms in total.